The van der Waals surface area contributed by atoms with Gasteiger partial charge in [-0.15, -0.1) is 0 Å². The van der Waals surface area contributed by atoms with Gasteiger partial charge in [0.2, 0.25) is 0 Å². The lowest BCUT2D eigenvalue weighted by Crippen LogP contribution is -2.26. The molecule has 0 saturated heterocycles. The smallest absolute Gasteiger partial charge is 0.142 e. The van der Waals surface area contributed by atoms with Crippen molar-refractivity contribution < 1.29 is 5.11 Å². The Morgan fingerprint density at radius 2 is 2.33 bits per heavy atom. The number of nitrogen functional groups attached to an aromatic ring is 1. The number of aromatic nitrogens is 1. The number of pyridine rings is 1. The summed E-state index contributed by atoms with van der Waals surface area (Å²) in [5.41, 5.74) is 2.52. The van der Waals surface area contributed by atoms with Crippen LogP contribution in [-0.2, 0) is 0 Å². The van der Waals surface area contributed by atoms with Gasteiger partial charge in [0.1, 0.15) is 11.6 Å². The second-order valence-corrected chi connectivity index (χ2v) is 3.18. The molecule has 1 rings (SSSR count). The fourth-order valence-corrected chi connectivity index (χ4v) is 1.38. The Balaban J connectivity index is 2.72. The number of aliphatic hydroxyl groups excluding tert-OH is 1. The van der Waals surface area contributed by atoms with Crippen LogP contribution in [0.5, 0.6) is 0 Å². The van der Waals surface area contributed by atoms with Crippen molar-refractivity contribution in [3.8, 4) is 0 Å². The molecule has 0 unspecified atom stereocenters. The van der Waals surface area contributed by atoms with Gasteiger partial charge in [-0.25, -0.2) is 10.8 Å². The predicted molar refractivity (Wildman–Crippen MR) is 61.6 cm³/mol. The predicted octanol–water partition coefficient (Wildman–Crippen LogP) is 0.576. The lowest BCUT2D eigenvalue weighted by atomic mass is 10.3. The normalized spacial score (nSPS) is 10.1. The van der Waals surface area contributed by atoms with Gasteiger partial charge in [-0.3, -0.25) is 0 Å². The minimum Gasteiger partial charge on any atom is -0.396 e. The highest BCUT2D eigenvalue weighted by Crippen LogP contribution is 2.13. The van der Waals surface area contributed by atoms with Crippen LogP contribution in [0.3, 0.4) is 0 Å². The Morgan fingerprint density at radius 1 is 1.53 bits per heavy atom. The number of hydrazine groups is 1. The Morgan fingerprint density at radius 3 is 2.93 bits per heavy atom. The van der Waals surface area contributed by atoms with E-state index in [1.165, 1.54) is 0 Å². The van der Waals surface area contributed by atoms with Crippen LogP contribution >= 0.6 is 0 Å². The van der Waals surface area contributed by atoms with Gasteiger partial charge in [-0.2, -0.15) is 0 Å². The lowest BCUT2D eigenvalue weighted by Gasteiger charge is -2.21. The average molecular weight is 210 g/mol. The maximum absolute atomic E-state index is 8.78. The fourth-order valence-electron chi connectivity index (χ4n) is 1.38. The summed E-state index contributed by atoms with van der Waals surface area (Å²) < 4.78 is 0. The zero-order chi connectivity index (χ0) is 11.1. The summed E-state index contributed by atoms with van der Waals surface area (Å²) in [5, 5.41) is 8.78. The van der Waals surface area contributed by atoms with Crippen LogP contribution in [0.2, 0.25) is 0 Å². The van der Waals surface area contributed by atoms with E-state index < -0.39 is 0 Å². The molecule has 0 atom stereocenters. The fraction of sp³-hybridized carbons (Fsp3) is 0.500. The number of hydrogen-bond acceptors (Lipinski definition) is 5. The first-order valence-electron chi connectivity index (χ1n) is 5.11. The van der Waals surface area contributed by atoms with Crippen LogP contribution in [0.25, 0.3) is 0 Å². The van der Waals surface area contributed by atoms with E-state index in [1.807, 2.05) is 18.2 Å². The highest BCUT2D eigenvalue weighted by Gasteiger charge is 2.05. The molecule has 5 nitrogen and oxygen atoms in total. The molecule has 4 N–H and O–H groups in total. The largest absolute Gasteiger partial charge is 0.396 e. The first-order valence-corrected chi connectivity index (χ1v) is 5.11. The zero-order valence-corrected chi connectivity index (χ0v) is 8.98. The van der Waals surface area contributed by atoms with Gasteiger partial charge >= 0.3 is 0 Å². The van der Waals surface area contributed by atoms with Crippen molar-refractivity contribution in [3.63, 3.8) is 0 Å². The molecule has 0 fully saturated rings. The highest BCUT2D eigenvalue weighted by molar-refractivity contribution is 5.46. The van der Waals surface area contributed by atoms with Crippen LogP contribution in [0.1, 0.15) is 13.3 Å². The summed E-state index contributed by atoms with van der Waals surface area (Å²) in [6, 6.07) is 5.64. The van der Waals surface area contributed by atoms with Gasteiger partial charge in [0.25, 0.3) is 0 Å². The Kier molecular flexibility index (Phi) is 4.86. The molecule has 0 amide bonds. The molecule has 5 heteroatoms. The summed E-state index contributed by atoms with van der Waals surface area (Å²) in [6.07, 6.45) is 0.746. The van der Waals surface area contributed by atoms with Crippen LogP contribution in [0.4, 0.5) is 11.6 Å². The zero-order valence-electron chi connectivity index (χ0n) is 8.98. The minimum atomic E-state index is 0.200. The van der Waals surface area contributed by atoms with E-state index in [4.69, 9.17) is 10.9 Å². The van der Waals surface area contributed by atoms with Crippen LogP contribution in [-0.4, -0.2) is 29.8 Å². The van der Waals surface area contributed by atoms with Gasteiger partial charge in [-0.1, -0.05) is 6.07 Å². The van der Waals surface area contributed by atoms with Gasteiger partial charge in [0.05, 0.1) is 0 Å². The number of hydrogen-bond donors (Lipinski definition) is 3. The highest BCUT2D eigenvalue weighted by atomic mass is 16.3. The molecular weight excluding hydrogens is 192 g/mol. The van der Waals surface area contributed by atoms with Crippen molar-refractivity contribution in [2.45, 2.75) is 13.3 Å². The van der Waals surface area contributed by atoms with Crippen LogP contribution in [0.15, 0.2) is 18.2 Å². The molecule has 1 aromatic rings. The van der Waals surface area contributed by atoms with E-state index in [1.54, 1.807) is 0 Å². The molecule has 0 aliphatic rings. The second kappa shape index (κ2) is 6.21. The molecule has 1 aromatic heterocycles. The topological polar surface area (TPSA) is 74.4 Å². The SMILES string of the molecule is CCN(CCCO)c1cccc(NN)n1. The third kappa shape index (κ3) is 3.38. The molecule has 84 valence electrons. The summed E-state index contributed by atoms with van der Waals surface area (Å²) in [4.78, 5) is 6.42. The average Bonchev–Trinajstić information content (AvgIpc) is 2.30. The Bertz CT molecular complexity index is 293. The van der Waals surface area contributed by atoms with Crippen molar-refractivity contribution in [1.29, 1.82) is 0 Å². The molecule has 0 radical (unpaired) electrons. The van der Waals surface area contributed by atoms with Crippen molar-refractivity contribution in [3.05, 3.63) is 18.2 Å². The van der Waals surface area contributed by atoms with E-state index in [0.717, 1.165) is 25.3 Å². The van der Waals surface area contributed by atoms with Gasteiger partial charge in [0.15, 0.2) is 0 Å². The molecule has 0 bridgehead atoms. The van der Waals surface area contributed by atoms with E-state index >= 15 is 0 Å². The summed E-state index contributed by atoms with van der Waals surface area (Å²) in [6.45, 7) is 3.92. The maximum atomic E-state index is 8.78. The van der Waals surface area contributed by atoms with Crippen LogP contribution < -0.4 is 16.2 Å². The van der Waals surface area contributed by atoms with E-state index in [2.05, 4.69) is 22.2 Å². The molecule has 0 spiro atoms. The number of nitrogens with zero attached hydrogens (tertiary/aromatic N) is 2. The lowest BCUT2D eigenvalue weighted by molar-refractivity contribution is 0.289. The van der Waals surface area contributed by atoms with E-state index in [9.17, 15) is 0 Å². The van der Waals surface area contributed by atoms with Crippen molar-refractivity contribution in [1.82, 2.24) is 4.98 Å². The van der Waals surface area contributed by atoms with Crippen LogP contribution in [0, 0.1) is 0 Å². The van der Waals surface area contributed by atoms with E-state index in [-0.39, 0.29) is 6.61 Å². The molecule has 0 aliphatic carbocycles. The number of anilines is 2. The van der Waals surface area contributed by atoms with Crippen molar-refractivity contribution in [2.24, 2.45) is 5.84 Å². The first-order chi connectivity index (χ1) is 7.31. The summed E-state index contributed by atoms with van der Waals surface area (Å²) in [5.74, 6) is 6.81. The minimum absolute atomic E-state index is 0.200. The van der Waals surface area contributed by atoms with Gasteiger partial charge < -0.3 is 15.4 Å². The molecular formula is C10H18N4O. The van der Waals surface area contributed by atoms with Crippen molar-refractivity contribution in [2.75, 3.05) is 30.0 Å². The summed E-state index contributed by atoms with van der Waals surface area (Å²) >= 11 is 0. The number of nitrogens with two attached hydrogens (primary N) is 1. The number of aliphatic hydroxyl groups is 1. The Hall–Kier alpha value is -1.33. The van der Waals surface area contributed by atoms with Crippen molar-refractivity contribution >= 4 is 11.6 Å². The maximum Gasteiger partial charge on any atom is 0.142 e. The quantitative estimate of drug-likeness (QED) is 0.473. The second-order valence-electron chi connectivity index (χ2n) is 3.18. The first kappa shape index (κ1) is 11.7. The molecule has 1 heterocycles. The van der Waals surface area contributed by atoms with Gasteiger partial charge in [0, 0.05) is 19.7 Å². The molecule has 15 heavy (non-hydrogen) atoms. The molecule has 0 saturated carbocycles. The standard InChI is InChI=1S/C10H18N4O/c1-2-14(7-4-8-15)10-6-3-5-9(12-10)13-11/h3,5-6,15H,2,4,7-8,11H2,1H3,(H,12,13). The summed E-state index contributed by atoms with van der Waals surface area (Å²) in [7, 11) is 0. The third-order valence-corrected chi connectivity index (χ3v) is 2.17. The number of nitrogens with one attached hydrogen (secondary N) is 1. The molecule has 0 aliphatic heterocycles. The van der Waals surface area contributed by atoms with E-state index in [0.29, 0.717) is 5.82 Å². The number of rotatable bonds is 6. The Labute approximate surface area is 89.9 Å². The van der Waals surface area contributed by atoms with Gasteiger partial charge in [-0.05, 0) is 25.5 Å². The monoisotopic (exact) mass is 210 g/mol. The third-order valence-electron chi connectivity index (χ3n) is 2.17. The molecule has 0 aromatic carbocycles.